The molecule has 2 N–H and O–H groups in total. The molecule has 0 aliphatic heterocycles. The predicted octanol–water partition coefficient (Wildman–Crippen LogP) is 6.61. The van der Waals surface area contributed by atoms with Gasteiger partial charge >= 0.3 is 0 Å². The zero-order valence-electron chi connectivity index (χ0n) is 17.1. The number of nitrogens with zero attached hydrogens (tertiary/aromatic N) is 2. The summed E-state index contributed by atoms with van der Waals surface area (Å²) in [4.78, 5) is 25.5. The number of carbonyl (C=O) groups excluding carboxylic acids is 2. The quantitative estimate of drug-likeness (QED) is 0.344. The van der Waals surface area contributed by atoms with E-state index < -0.39 is 0 Å². The van der Waals surface area contributed by atoms with Gasteiger partial charge in [-0.25, -0.2) is 0 Å². The summed E-state index contributed by atoms with van der Waals surface area (Å²) in [5.74, 6) is -0.582. The van der Waals surface area contributed by atoms with Gasteiger partial charge in [0.25, 0.3) is 11.8 Å². The summed E-state index contributed by atoms with van der Waals surface area (Å²) in [5, 5.41) is 14.2. The van der Waals surface area contributed by atoms with Crippen LogP contribution in [0.4, 0.5) is 22.7 Å². The first-order chi connectivity index (χ1) is 15.7. The second-order valence-corrected chi connectivity index (χ2v) is 6.87. The van der Waals surface area contributed by atoms with Crippen LogP contribution in [0.5, 0.6) is 0 Å². The summed E-state index contributed by atoms with van der Waals surface area (Å²) in [6, 6.07) is 32.2. The molecule has 4 aromatic carbocycles. The molecule has 6 heteroatoms. The fourth-order valence-corrected chi connectivity index (χ4v) is 3.05. The molecule has 0 unspecified atom stereocenters. The number of rotatable bonds is 6. The van der Waals surface area contributed by atoms with Crippen LogP contribution in [0, 0.1) is 0 Å². The van der Waals surface area contributed by atoms with E-state index in [9.17, 15) is 9.59 Å². The Balaban J connectivity index is 1.57. The lowest BCUT2D eigenvalue weighted by atomic mass is 10.1. The maximum Gasteiger partial charge on any atom is 0.257 e. The molecule has 0 bridgehead atoms. The van der Waals surface area contributed by atoms with Crippen molar-refractivity contribution in [1.29, 1.82) is 0 Å². The van der Waals surface area contributed by atoms with Crippen LogP contribution >= 0.6 is 0 Å². The molecule has 0 saturated heterocycles. The highest BCUT2D eigenvalue weighted by Gasteiger charge is 2.13. The molecule has 6 nitrogen and oxygen atoms in total. The van der Waals surface area contributed by atoms with Gasteiger partial charge in [0.2, 0.25) is 0 Å². The molecule has 32 heavy (non-hydrogen) atoms. The summed E-state index contributed by atoms with van der Waals surface area (Å²) < 4.78 is 0. The number of benzene rings is 4. The van der Waals surface area contributed by atoms with E-state index in [1.807, 2.05) is 60.7 Å². The zero-order valence-corrected chi connectivity index (χ0v) is 17.1. The number of amides is 2. The van der Waals surface area contributed by atoms with E-state index in [1.165, 1.54) is 0 Å². The Labute approximate surface area is 185 Å². The standard InChI is InChI=1S/C26H20N4O2/c31-25(27-19-11-3-1-4-12-19)21-15-7-9-17-23(21)29-30-24-18-10-8-16-22(24)26(32)28-20-13-5-2-6-14-20/h1-18H,(H,27,31)(H,28,32). The maximum atomic E-state index is 12.7. The van der Waals surface area contributed by atoms with Gasteiger partial charge in [0.05, 0.1) is 22.5 Å². The van der Waals surface area contributed by atoms with Crippen LogP contribution in [-0.4, -0.2) is 11.8 Å². The minimum absolute atomic E-state index is 0.291. The molecule has 4 aromatic rings. The average molecular weight is 420 g/mol. The highest BCUT2D eigenvalue weighted by molar-refractivity contribution is 6.08. The highest BCUT2D eigenvalue weighted by Crippen LogP contribution is 2.26. The molecular formula is C26H20N4O2. The normalized spacial score (nSPS) is 10.6. The molecule has 0 saturated carbocycles. The first-order valence-corrected chi connectivity index (χ1v) is 10.0. The van der Waals surface area contributed by atoms with Gasteiger partial charge in [0.15, 0.2) is 0 Å². The van der Waals surface area contributed by atoms with E-state index in [4.69, 9.17) is 0 Å². The van der Waals surface area contributed by atoms with Crippen molar-refractivity contribution >= 4 is 34.6 Å². The van der Waals surface area contributed by atoms with Crippen LogP contribution in [0.3, 0.4) is 0 Å². The molecule has 0 atom stereocenters. The first kappa shape index (κ1) is 20.7. The van der Waals surface area contributed by atoms with Crippen LogP contribution in [0.25, 0.3) is 0 Å². The van der Waals surface area contributed by atoms with Crippen LogP contribution in [-0.2, 0) is 0 Å². The summed E-state index contributed by atoms with van der Waals surface area (Å²) in [7, 11) is 0. The van der Waals surface area contributed by atoms with Crippen molar-refractivity contribution in [3.63, 3.8) is 0 Å². The van der Waals surface area contributed by atoms with Crippen molar-refractivity contribution in [1.82, 2.24) is 0 Å². The van der Waals surface area contributed by atoms with E-state index in [0.717, 1.165) is 0 Å². The van der Waals surface area contributed by atoms with Crippen molar-refractivity contribution in [3.05, 3.63) is 120 Å². The van der Waals surface area contributed by atoms with Gasteiger partial charge in [-0.15, -0.1) is 10.2 Å². The minimum atomic E-state index is -0.291. The monoisotopic (exact) mass is 420 g/mol. The molecule has 0 aliphatic rings. The van der Waals surface area contributed by atoms with E-state index in [2.05, 4.69) is 20.9 Å². The molecule has 0 aliphatic carbocycles. The zero-order chi connectivity index (χ0) is 22.2. The van der Waals surface area contributed by atoms with Crippen molar-refractivity contribution in [2.75, 3.05) is 10.6 Å². The third-order valence-electron chi connectivity index (χ3n) is 4.63. The van der Waals surface area contributed by atoms with Gasteiger partial charge in [-0.05, 0) is 48.5 Å². The largest absolute Gasteiger partial charge is 0.322 e. The van der Waals surface area contributed by atoms with E-state index in [1.54, 1.807) is 48.5 Å². The van der Waals surface area contributed by atoms with Gasteiger partial charge in [-0.1, -0.05) is 60.7 Å². The smallest absolute Gasteiger partial charge is 0.257 e. The third-order valence-corrected chi connectivity index (χ3v) is 4.63. The Bertz CT molecular complexity index is 1160. The Morgan fingerprint density at radius 3 is 1.22 bits per heavy atom. The molecule has 0 heterocycles. The Morgan fingerprint density at radius 1 is 0.469 bits per heavy atom. The second-order valence-electron chi connectivity index (χ2n) is 6.87. The van der Waals surface area contributed by atoms with E-state index in [0.29, 0.717) is 33.9 Å². The summed E-state index contributed by atoms with van der Waals surface area (Å²) in [6.07, 6.45) is 0. The number of anilines is 2. The van der Waals surface area contributed by atoms with Crippen molar-refractivity contribution < 1.29 is 9.59 Å². The van der Waals surface area contributed by atoms with Crippen molar-refractivity contribution in [2.45, 2.75) is 0 Å². The van der Waals surface area contributed by atoms with Crippen LogP contribution < -0.4 is 10.6 Å². The SMILES string of the molecule is O=C(Nc1ccccc1)c1ccccc1N=Nc1ccccc1C(=O)Nc1ccccc1. The van der Waals surface area contributed by atoms with Crippen molar-refractivity contribution in [2.24, 2.45) is 10.2 Å². The number of hydrogen-bond acceptors (Lipinski definition) is 4. The van der Waals surface area contributed by atoms with Gasteiger partial charge < -0.3 is 10.6 Å². The Kier molecular flexibility index (Phi) is 6.43. The second kappa shape index (κ2) is 9.95. The minimum Gasteiger partial charge on any atom is -0.322 e. The van der Waals surface area contributed by atoms with Gasteiger partial charge in [0.1, 0.15) is 0 Å². The fourth-order valence-electron chi connectivity index (χ4n) is 3.05. The average Bonchev–Trinajstić information content (AvgIpc) is 2.84. The van der Waals surface area contributed by atoms with Crippen LogP contribution in [0.15, 0.2) is 119 Å². The molecule has 2 amide bonds. The van der Waals surface area contributed by atoms with Crippen LogP contribution in [0.2, 0.25) is 0 Å². The number of nitrogens with one attached hydrogen (secondary N) is 2. The van der Waals surface area contributed by atoms with Crippen molar-refractivity contribution in [3.8, 4) is 0 Å². The molecule has 156 valence electrons. The molecule has 0 spiro atoms. The third kappa shape index (κ3) is 5.12. The fraction of sp³-hybridized carbons (Fsp3) is 0. The first-order valence-electron chi connectivity index (χ1n) is 10.0. The number of azo groups is 1. The molecule has 0 radical (unpaired) electrons. The maximum absolute atomic E-state index is 12.7. The van der Waals surface area contributed by atoms with E-state index in [-0.39, 0.29) is 11.8 Å². The number of carbonyl (C=O) groups is 2. The Hall–Kier alpha value is -4.58. The summed E-state index contributed by atoms with van der Waals surface area (Å²) in [6.45, 7) is 0. The number of hydrogen-bond donors (Lipinski definition) is 2. The van der Waals surface area contributed by atoms with Gasteiger partial charge in [-0.3, -0.25) is 9.59 Å². The number of para-hydroxylation sites is 2. The highest BCUT2D eigenvalue weighted by atomic mass is 16.2. The summed E-state index contributed by atoms with van der Waals surface area (Å²) in [5.41, 5.74) is 2.94. The lowest BCUT2D eigenvalue weighted by molar-refractivity contribution is 0.101. The Morgan fingerprint density at radius 2 is 0.812 bits per heavy atom. The molecule has 0 aromatic heterocycles. The lowest BCUT2D eigenvalue weighted by Gasteiger charge is -2.08. The summed E-state index contributed by atoms with van der Waals surface area (Å²) >= 11 is 0. The molecule has 0 fully saturated rings. The van der Waals surface area contributed by atoms with Gasteiger partial charge in [0, 0.05) is 11.4 Å². The topological polar surface area (TPSA) is 82.9 Å². The van der Waals surface area contributed by atoms with Crippen LogP contribution in [0.1, 0.15) is 20.7 Å². The predicted molar refractivity (Wildman–Crippen MR) is 126 cm³/mol. The molecular weight excluding hydrogens is 400 g/mol. The van der Waals surface area contributed by atoms with E-state index >= 15 is 0 Å². The lowest BCUT2D eigenvalue weighted by Crippen LogP contribution is -2.12. The van der Waals surface area contributed by atoms with Gasteiger partial charge in [-0.2, -0.15) is 0 Å². The molecule has 4 rings (SSSR count).